The van der Waals surface area contributed by atoms with Gasteiger partial charge in [0.05, 0.1) is 6.61 Å². The highest BCUT2D eigenvalue weighted by atomic mass is 79.9. The molecule has 108 valence electrons. The lowest BCUT2D eigenvalue weighted by atomic mass is 10.1. The Balaban J connectivity index is 2.58. The summed E-state index contributed by atoms with van der Waals surface area (Å²) in [5.41, 5.74) is 2.53. The number of halogens is 1. The molecule has 3 nitrogen and oxygen atoms in total. The summed E-state index contributed by atoms with van der Waals surface area (Å²) in [5, 5.41) is 3.36. The van der Waals surface area contributed by atoms with Gasteiger partial charge in [-0.05, 0) is 23.6 Å². The first-order chi connectivity index (χ1) is 9.04. The highest BCUT2D eigenvalue weighted by molar-refractivity contribution is 9.10. The van der Waals surface area contributed by atoms with E-state index in [0.29, 0.717) is 5.92 Å². The van der Waals surface area contributed by atoms with Crippen molar-refractivity contribution in [2.75, 3.05) is 38.8 Å². The molecule has 1 aromatic carbocycles. The van der Waals surface area contributed by atoms with Crippen molar-refractivity contribution in [2.45, 2.75) is 20.4 Å². The van der Waals surface area contributed by atoms with Crippen LogP contribution in [0.15, 0.2) is 22.7 Å². The molecule has 0 saturated heterocycles. The van der Waals surface area contributed by atoms with E-state index in [9.17, 15) is 0 Å². The number of anilines is 1. The zero-order chi connectivity index (χ0) is 14.3. The first kappa shape index (κ1) is 16.5. The van der Waals surface area contributed by atoms with Crippen LogP contribution in [0.1, 0.15) is 19.4 Å². The number of methoxy groups -OCH3 is 1. The van der Waals surface area contributed by atoms with Gasteiger partial charge in [0.25, 0.3) is 0 Å². The van der Waals surface area contributed by atoms with Crippen LogP contribution in [-0.4, -0.2) is 33.9 Å². The predicted molar refractivity (Wildman–Crippen MR) is 85.8 cm³/mol. The zero-order valence-corrected chi connectivity index (χ0v) is 14.0. The molecule has 0 bridgehead atoms. The quantitative estimate of drug-likeness (QED) is 0.741. The summed E-state index contributed by atoms with van der Waals surface area (Å²) >= 11 is 3.65. The Morgan fingerprint density at radius 1 is 1.37 bits per heavy atom. The Bertz CT molecular complexity index is 382. The van der Waals surface area contributed by atoms with Crippen molar-refractivity contribution in [2.24, 2.45) is 5.92 Å². The van der Waals surface area contributed by atoms with Crippen LogP contribution < -0.4 is 10.2 Å². The lowest BCUT2D eigenvalue weighted by molar-refractivity contribution is 0.199. The van der Waals surface area contributed by atoms with Crippen LogP contribution in [0.5, 0.6) is 0 Å². The Morgan fingerprint density at radius 3 is 2.68 bits per heavy atom. The summed E-state index contributed by atoms with van der Waals surface area (Å²) in [6.07, 6.45) is 0. The lowest BCUT2D eigenvalue weighted by Gasteiger charge is -2.22. The maximum absolute atomic E-state index is 5.02. The zero-order valence-electron chi connectivity index (χ0n) is 12.4. The normalized spacial score (nSPS) is 11.1. The fourth-order valence-corrected chi connectivity index (χ4v) is 2.47. The topological polar surface area (TPSA) is 24.5 Å². The summed E-state index contributed by atoms with van der Waals surface area (Å²) in [6.45, 7) is 8.01. The van der Waals surface area contributed by atoms with Crippen molar-refractivity contribution in [3.8, 4) is 0 Å². The van der Waals surface area contributed by atoms with Crippen molar-refractivity contribution >= 4 is 21.6 Å². The van der Waals surface area contributed by atoms with E-state index < -0.39 is 0 Å². The molecule has 0 unspecified atom stereocenters. The largest absolute Gasteiger partial charge is 0.383 e. The lowest BCUT2D eigenvalue weighted by Crippen LogP contribution is -2.22. The average Bonchev–Trinajstić information content (AvgIpc) is 2.35. The molecule has 19 heavy (non-hydrogen) atoms. The Labute approximate surface area is 125 Å². The van der Waals surface area contributed by atoms with E-state index in [1.54, 1.807) is 7.11 Å². The van der Waals surface area contributed by atoms with E-state index in [-0.39, 0.29) is 0 Å². The molecule has 0 spiro atoms. The summed E-state index contributed by atoms with van der Waals surface area (Å²) in [6, 6.07) is 6.55. The third-order valence-corrected chi connectivity index (χ3v) is 3.65. The molecule has 1 aromatic rings. The van der Waals surface area contributed by atoms with Gasteiger partial charge in [-0.3, -0.25) is 0 Å². The van der Waals surface area contributed by atoms with Crippen molar-refractivity contribution in [1.29, 1.82) is 0 Å². The van der Waals surface area contributed by atoms with Crippen LogP contribution >= 0.6 is 15.9 Å². The van der Waals surface area contributed by atoms with E-state index >= 15 is 0 Å². The molecule has 0 aliphatic carbocycles. The summed E-state index contributed by atoms with van der Waals surface area (Å²) in [7, 11) is 3.86. The smallest absolute Gasteiger partial charge is 0.0587 e. The highest BCUT2D eigenvalue weighted by Gasteiger charge is 2.06. The van der Waals surface area contributed by atoms with Crippen LogP contribution in [0.25, 0.3) is 0 Å². The minimum absolute atomic E-state index is 0.666. The number of benzene rings is 1. The molecule has 4 heteroatoms. The van der Waals surface area contributed by atoms with Gasteiger partial charge in [0, 0.05) is 44.0 Å². The number of nitrogens with one attached hydrogen (secondary N) is 1. The van der Waals surface area contributed by atoms with Gasteiger partial charge in [0.1, 0.15) is 0 Å². The number of hydrogen-bond donors (Lipinski definition) is 1. The van der Waals surface area contributed by atoms with Crippen molar-refractivity contribution < 1.29 is 4.74 Å². The standard InChI is InChI=1S/C15H25BrN2O/c1-12(2)11-18(3)14-6-5-13(15(16)9-14)10-17-7-8-19-4/h5-6,9,12,17H,7-8,10-11H2,1-4H3. The Hall–Kier alpha value is -0.580. The molecule has 0 aromatic heterocycles. The SMILES string of the molecule is COCCNCc1ccc(N(C)CC(C)C)cc1Br. The van der Waals surface area contributed by atoms with Crippen LogP contribution in [0.3, 0.4) is 0 Å². The van der Waals surface area contributed by atoms with Gasteiger partial charge in [0.2, 0.25) is 0 Å². The summed E-state index contributed by atoms with van der Waals surface area (Å²) < 4.78 is 6.17. The second-order valence-corrected chi connectivity index (χ2v) is 6.07. The monoisotopic (exact) mass is 328 g/mol. The van der Waals surface area contributed by atoms with E-state index in [1.807, 2.05) is 0 Å². The van der Waals surface area contributed by atoms with Gasteiger partial charge in [-0.25, -0.2) is 0 Å². The van der Waals surface area contributed by atoms with E-state index in [4.69, 9.17) is 4.74 Å². The van der Waals surface area contributed by atoms with Crippen molar-refractivity contribution in [3.05, 3.63) is 28.2 Å². The summed E-state index contributed by atoms with van der Waals surface area (Å²) in [5.74, 6) is 0.666. The van der Waals surface area contributed by atoms with E-state index in [0.717, 1.165) is 30.7 Å². The molecule has 1 N–H and O–H groups in total. The minimum Gasteiger partial charge on any atom is -0.383 e. The molecule has 0 saturated carbocycles. The number of rotatable bonds is 8. The second kappa shape index (κ2) is 8.56. The van der Waals surface area contributed by atoms with Gasteiger partial charge in [-0.2, -0.15) is 0 Å². The molecule has 0 aliphatic rings. The van der Waals surface area contributed by atoms with Gasteiger partial charge >= 0.3 is 0 Å². The Kier molecular flexibility index (Phi) is 7.42. The molecule has 0 atom stereocenters. The molecule has 0 aliphatic heterocycles. The fourth-order valence-electron chi connectivity index (χ4n) is 1.97. The first-order valence-corrected chi connectivity index (χ1v) is 7.53. The van der Waals surface area contributed by atoms with Crippen LogP contribution in [0.2, 0.25) is 0 Å². The van der Waals surface area contributed by atoms with Crippen LogP contribution in [0.4, 0.5) is 5.69 Å². The maximum atomic E-state index is 5.02. The van der Waals surface area contributed by atoms with E-state index in [1.165, 1.54) is 11.3 Å². The fraction of sp³-hybridized carbons (Fsp3) is 0.600. The van der Waals surface area contributed by atoms with Crippen molar-refractivity contribution in [1.82, 2.24) is 5.32 Å². The third-order valence-electron chi connectivity index (χ3n) is 2.91. The summed E-state index contributed by atoms with van der Waals surface area (Å²) in [4.78, 5) is 2.29. The predicted octanol–water partition coefficient (Wildman–Crippen LogP) is 3.28. The van der Waals surface area contributed by atoms with Gasteiger partial charge < -0.3 is 15.0 Å². The van der Waals surface area contributed by atoms with Crippen LogP contribution in [-0.2, 0) is 11.3 Å². The average molecular weight is 329 g/mol. The number of ether oxygens (including phenoxy) is 1. The number of hydrogen-bond acceptors (Lipinski definition) is 3. The molecule has 0 radical (unpaired) electrons. The third kappa shape index (κ3) is 5.93. The molecule has 0 amide bonds. The molecule has 0 fully saturated rings. The molecule has 1 rings (SSSR count). The molecular formula is C15H25BrN2O. The molecule has 0 heterocycles. The van der Waals surface area contributed by atoms with E-state index in [2.05, 4.69) is 65.2 Å². The highest BCUT2D eigenvalue weighted by Crippen LogP contribution is 2.24. The molecular weight excluding hydrogens is 304 g/mol. The van der Waals surface area contributed by atoms with Gasteiger partial charge in [-0.1, -0.05) is 35.8 Å². The van der Waals surface area contributed by atoms with Gasteiger partial charge in [-0.15, -0.1) is 0 Å². The van der Waals surface area contributed by atoms with Gasteiger partial charge in [0.15, 0.2) is 0 Å². The van der Waals surface area contributed by atoms with Crippen LogP contribution in [0, 0.1) is 5.92 Å². The maximum Gasteiger partial charge on any atom is 0.0587 e. The Morgan fingerprint density at radius 2 is 2.11 bits per heavy atom. The first-order valence-electron chi connectivity index (χ1n) is 6.73. The minimum atomic E-state index is 0.666. The second-order valence-electron chi connectivity index (χ2n) is 5.22. The number of nitrogens with zero attached hydrogens (tertiary/aromatic N) is 1. The van der Waals surface area contributed by atoms with Crippen molar-refractivity contribution in [3.63, 3.8) is 0 Å².